The van der Waals surface area contributed by atoms with Crippen molar-refractivity contribution in [1.29, 1.82) is 0 Å². The highest BCUT2D eigenvalue weighted by Crippen LogP contribution is 2.32. The second-order valence-corrected chi connectivity index (χ2v) is 8.81. The molecule has 1 aliphatic rings. The molecule has 174 valence electrons. The number of ether oxygens (including phenoxy) is 1. The molecule has 3 aromatic rings. The Morgan fingerprint density at radius 3 is 2.73 bits per heavy atom. The standard InChI is InChI=1S/C25H32N6O2/c1-15-21(24(26)32)13-27-25(28-15)22-7-5-6-10-31(22)14-18-8-9-23(33-4)19(11-18)12-20-16(2)29-30-17(20)3/h8-9,11,13,22H,5-7,10,12,14H2,1-4H3,(H2,26,32)(H,29,30). The van der Waals surface area contributed by atoms with Crippen molar-refractivity contribution >= 4 is 5.91 Å². The van der Waals surface area contributed by atoms with Crippen molar-refractivity contribution in [2.24, 2.45) is 5.73 Å². The minimum absolute atomic E-state index is 0.114. The van der Waals surface area contributed by atoms with Gasteiger partial charge in [0.15, 0.2) is 0 Å². The Bertz CT molecular complexity index is 1140. The number of aromatic amines is 1. The van der Waals surface area contributed by atoms with Gasteiger partial charge in [-0.2, -0.15) is 5.10 Å². The maximum absolute atomic E-state index is 11.6. The second kappa shape index (κ2) is 9.70. The number of amides is 1. The molecule has 1 saturated heterocycles. The van der Waals surface area contributed by atoms with Gasteiger partial charge in [-0.05, 0) is 57.4 Å². The Kier molecular flexibility index (Phi) is 6.74. The summed E-state index contributed by atoms with van der Waals surface area (Å²) in [6.07, 6.45) is 5.60. The first kappa shape index (κ1) is 22.9. The zero-order valence-electron chi connectivity index (χ0n) is 19.8. The Balaban J connectivity index is 1.59. The maximum Gasteiger partial charge on any atom is 0.252 e. The normalized spacial score (nSPS) is 16.7. The van der Waals surface area contributed by atoms with E-state index in [0.29, 0.717) is 11.3 Å². The van der Waals surface area contributed by atoms with Crippen molar-refractivity contribution in [2.45, 2.75) is 59.0 Å². The third-order valence-electron chi connectivity index (χ3n) is 6.55. The number of rotatable bonds is 7. The van der Waals surface area contributed by atoms with Gasteiger partial charge in [0, 0.05) is 30.4 Å². The van der Waals surface area contributed by atoms with Crippen molar-refractivity contribution in [3.63, 3.8) is 0 Å². The molecule has 1 aromatic carbocycles. The molecule has 0 bridgehead atoms. The molecule has 2 aromatic heterocycles. The molecule has 1 aliphatic heterocycles. The van der Waals surface area contributed by atoms with E-state index in [-0.39, 0.29) is 6.04 Å². The first-order valence-corrected chi connectivity index (χ1v) is 11.4. The van der Waals surface area contributed by atoms with E-state index in [1.165, 1.54) is 11.1 Å². The van der Waals surface area contributed by atoms with E-state index in [0.717, 1.165) is 67.3 Å². The van der Waals surface area contributed by atoms with Crippen LogP contribution in [0.2, 0.25) is 0 Å². The average molecular weight is 449 g/mol. The summed E-state index contributed by atoms with van der Waals surface area (Å²) >= 11 is 0. The molecule has 1 fully saturated rings. The molecule has 3 N–H and O–H groups in total. The van der Waals surface area contributed by atoms with Gasteiger partial charge >= 0.3 is 0 Å². The van der Waals surface area contributed by atoms with Crippen molar-refractivity contribution in [3.8, 4) is 5.75 Å². The van der Waals surface area contributed by atoms with Crippen LogP contribution in [0.3, 0.4) is 0 Å². The molecule has 0 saturated carbocycles. The van der Waals surface area contributed by atoms with Crippen LogP contribution in [0.15, 0.2) is 24.4 Å². The van der Waals surface area contributed by atoms with E-state index in [4.69, 9.17) is 10.5 Å². The van der Waals surface area contributed by atoms with Crippen LogP contribution in [-0.2, 0) is 13.0 Å². The molecule has 1 unspecified atom stereocenters. The van der Waals surface area contributed by atoms with E-state index in [2.05, 4.69) is 50.2 Å². The Labute approximate surface area is 194 Å². The van der Waals surface area contributed by atoms with Gasteiger partial charge < -0.3 is 10.5 Å². The number of nitrogens with one attached hydrogen (secondary N) is 1. The largest absolute Gasteiger partial charge is 0.496 e. The number of piperidine rings is 1. The fraction of sp³-hybridized carbons (Fsp3) is 0.440. The number of nitrogens with two attached hydrogens (primary N) is 1. The number of H-pyrrole nitrogens is 1. The van der Waals surface area contributed by atoms with E-state index in [9.17, 15) is 4.79 Å². The third-order valence-corrected chi connectivity index (χ3v) is 6.55. The summed E-state index contributed by atoms with van der Waals surface area (Å²) in [5.41, 5.74) is 12.1. The molecular weight excluding hydrogens is 416 g/mol. The fourth-order valence-corrected chi connectivity index (χ4v) is 4.69. The summed E-state index contributed by atoms with van der Waals surface area (Å²) in [4.78, 5) is 23.1. The van der Waals surface area contributed by atoms with Gasteiger partial charge in [-0.1, -0.05) is 18.6 Å². The fourth-order valence-electron chi connectivity index (χ4n) is 4.69. The molecule has 33 heavy (non-hydrogen) atoms. The van der Waals surface area contributed by atoms with Crippen LogP contribution in [-0.4, -0.2) is 44.6 Å². The van der Waals surface area contributed by atoms with Crippen molar-refractivity contribution in [3.05, 3.63) is 69.6 Å². The smallest absolute Gasteiger partial charge is 0.252 e. The Morgan fingerprint density at radius 1 is 1.24 bits per heavy atom. The van der Waals surface area contributed by atoms with Gasteiger partial charge in [0.1, 0.15) is 11.6 Å². The number of aryl methyl sites for hydroxylation is 3. The van der Waals surface area contributed by atoms with Crippen molar-refractivity contribution < 1.29 is 9.53 Å². The maximum atomic E-state index is 11.6. The molecule has 0 radical (unpaired) electrons. The average Bonchev–Trinajstić information content (AvgIpc) is 3.11. The number of carbonyl (C=O) groups excluding carboxylic acids is 1. The highest BCUT2D eigenvalue weighted by molar-refractivity contribution is 5.93. The molecule has 4 rings (SSSR count). The number of primary amides is 1. The van der Waals surface area contributed by atoms with Gasteiger partial charge in [-0.25, -0.2) is 9.97 Å². The summed E-state index contributed by atoms with van der Waals surface area (Å²) in [6.45, 7) is 7.67. The van der Waals surface area contributed by atoms with E-state index < -0.39 is 5.91 Å². The minimum atomic E-state index is -0.492. The molecule has 1 atom stereocenters. The quantitative estimate of drug-likeness (QED) is 0.572. The number of methoxy groups -OCH3 is 1. The molecule has 0 aliphatic carbocycles. The minimum Gasteiger partial charge on any atom is -0.496 e. The van der Waals surface area contributed by atoms with Gasteiger partial charge in [0.2, 0.25) is 0 Å². The zero-order valence-corrected chi connectivity index (χ0v) is 19.8. The molecule has 0 spiro atoms. The van der Waals surface area contributed by atoms with Crippen molar-refractivity contribution in [1.82, 2.24) is 25.1 Å². The molecule has 1 amide bonds. The molecule has 8 heteroatoms. The number of carbonyl (C=O) groups is 1. The first-order chi connectivity index (χ1) is 15.9. The second-order valence-electron chi connectivity index (χ2n) is 8.81. The van der Waals surface area contributed by atoms with Gasteiger partial charge in [0.25, 0.3) is 5.91 Å². The van der Waals surface area contributed by atoms with Crippen LogP contribution in [0, 0.1) is 20.8 Å². The summed E-state index contributed by atoms with van der Waals surface area (Å²) < 4.78 is 5.65. The molecular formula is C25H32N6O2. The highest BCUT2D eigenvalue weighted by Gasteiger charge is 2.27. The molecule has 8 nitrogen and oxygen atoms in total. The van der Waals surface area contributed by atoms with Gasteiger partial charge in [-0.15, -0.1) is 0 Å². The summed E-state index contributed by atoms with van der Waals surface area (Å²) in [6, 6.07) is 6.53. The zero-order chi connectivity index (χ0) is 23.5. The predicted molar refractivity (Wildman–Crippen MR) is 126 cm³/mol. The van der Waals surface area contributed by atoms with Crippen LogP contribution in [0.1, 0.15) is 75.3 Å². The van der Waals surface area contributed by atoms with Crippen molar-refractivity contribution in [2.75, 3.05) is 13.7 Å². The summed E-state index contributed by atoms with van der Waals surface area (Å²) in [5, 5.41) is 7.41. The number of benzene rings is 1. The number of hydrogen-bond acceptors (Lipinski definition) is 6. The van der Waals surface area contributed by atoms with Crippen LogP contribution < -0.4 is 10.5 Å². The number of aromatic nitrogens is 4. The summed E-state index contributed by atoms with van der Waals surface area (Å²) in [5.74, 6) is 1.15. The number of nitrogens with zero attached hydrogens (tertiary/aromatic N) is 4. The van der Waals surface area contributed by atoms with Crippen LogP contribution >= 0.6 is 0 Å². The lowest BCUT2D eigenvalue weighted by Crippen LogP contribution is -2.34. The topological polar surface area (TPSA) is 110 Å². The van der Waals surface area contributed by atoms with Crippen LogP contribution in [0.5, 0.6) is 5.75 Å². The summed E-state index contributed by atoms with van der Waals surface area (Å²) in [7, 11) is 1.71. The van der Waals surface area contributed by atoms with Crippen LogP contribution in [0.4, 0.5) is 0 Å². The lowest BCUT2D eigenvalue weighted by Gasteiger charge is -2.35. The number of hydrogen-bond donors (Lipinski definition) is 2. The van der Waals surface area contributed by atoms with E-state index in [1.807, 2.05) is 13.8 Å². The monoisotopic (exact) mass is 448 g/mol. The highest BCUT2D eigenvalue weighted by atomic mass is 16.5. The first-order valence-electron chi connectivity index (χ1n) is 11.4. The SMILES string of the molecule is COc1ccc(CN2CCCCC2c2ncc(C(N)=O)c(C)n2)cc1Cc1c(C)n[nH]c1C. The van der Waals surface area contributed by atoms with E-state index >= 15 is 0 Å². The third kappa shape index (κ3) is 4.90. The van der Waals surface area contributed by atoms with Gasteiger partial charge in [-0.3, -0.25) is 14.8 Å². The van der Waals surface area contributed by atoms with E-state index in [1.54, 1.807) is 13.3 Å². The Hall–Kier alpha value is -3.26. The lowest BCUT2D eigenvalue weighted by molar-refractivity contribution is 0.0998. The number of likely N-dealkylation sites (tertiary alicyclic amines) is 1. The lowest BCUT2D eigenvalue weighted by atomic mass is 9.98. The van der Waals surface area contributed by atoms with Crippen LogP contribution in [0.25, 0.3) is 0 Å². The predicted octanol–water partition coefficient (Wildman–Crippen LogP) is 3.55. The molecule has 3 heterocycles. The van der Waals surface area contributed by atoms with Gasteiger partial charge in [0.05, 0.1) is 30.1 Å². The Morgan fingerprint density at radius 2 is 2.06 bits per heavy atom.